The molecule has 0 atom stereocenters. The van der Waals surface area contributed by atoms with E-state index in [4.69, 9.17) is 0 Å². The summed E-state index contributed by atoms with van der Waals surface area (Å²) < 4.78 is 27.3. The van der Waals surface area contributed by atoms with Crippen molar-refractivity contribution in [3.05, 3.63) is 34.9 Å². The van der Waals surface area contributed by atoms with Gasteiger partial charge < -0.3 is 0 Å². The van der Waals surface area contributed by atoms with Gasteiger partial charge in [-0.1, -0.05) is 31.0 Å². The van der Waals surface area contributed by atoms with Crippen LogP contribution in [0.2, 0.25) is 6.04 Å². The van der Waals surface area contributed by atoms with Gasteiger partial charge in [0.15, 0.2) is 11.6 Å². The molecule has 0 N–H and O–H groups in total. The van der Waals surface area contributed by atoms with E-state index in [1.807, 2.05) is 0 Å². The van der Waals surface area contributed by atoms with Crippen molar-refractivity contribution in [1.29, 1.82) is 0 Å². The molecule has 0 nitrogen and oxygen atoms in total. The largest absolute Gasteiger partial charge is 0.203 e. The quantitative estimate of drug-likeness (QED) is 0.693. The van der Waals surface area contributed by atoms with Gasteiger partial charge >= 0.3 is 0 Å². The maximum absolute atomic E-state index is 13.8. The van der Waals surface area contributed by atoms with Crippen LogP contribution in [0.25, 0.3) is 0 Å². The molecule has 0 amide bonds. The van der Waals surface area contributed by atoms with Crippen molar-refractivity contribution in [2.75, 3.05) is 0 Å². The minimum Gasteiger partial charge on any atom is -0.203 e. The molecular weight excluding hydrogens is 234 g/mol. The zero-order valence-electron chi connectivity index (χ0n) is 10.1. The summed E-state index contributed by atoms with van der Waals surface area (Å²) >= 11 is 0. The highest BCUT2D eigenvalue weighted by Crippen LogP contribution is 2.38. The molecule has 1 aromatic rings. The average Bonchev–Trinajstić information content (AvgIpc) is 2.36. The maximum Gasteiger partial charge on any atom is 0.162 e. The third kappa shape index (κ3) is 2.59. The minimum absolute atomic E-state index is 0.194. The van der Waals surface area contributed by atoms with Crippen molar-refractivity contribution in [3.8, 4) is 0 Å². The van der Waals surface area contributed by atoms with E-state index in [1.165, 1.54) is 0 Å². The molecule has 3 radical (unpaired) electrons. The van der Waals surface area contributed by atoms with Crippen LogP contribution >= 0.6 is 0 Å². The zero-order valence-corrected chi connectivity index (χ0v) is 11.1. The Kier molecular flexibility index (Phi) is 3.97. The van der Waals surface area contributed by atoms with Crippen LogP contribution in [0.4, 0.5) is 8.78 Å². The molecular formula is C14H17F2Si. The van der Waals surface area contributed by atoms with Crippen LogP contribution in [0, 0.1) is 24.5 Å². The smallest absolute Gasteiger partial charge is 0.162 e. The fraction of sp³-hybridized carbons (Fsp3) is 0.571. The molecule has 0 unspecified atom stereocenters. The molecule has 2 rings (SSSR count). The second-order valence-electron chi connectivity index (χ2n) is 5.02. The molecule has 1 saturated carbocycles. The van der Waals surface area contributed by atoms with Gasteiger partial charge in [-0.15, -0.1) is 0 Å². The summed E-state index contributed by atoms with van der Waals surface area (Å²) in [5, 5.41) is 0. The Bertz CT molecular complexity index is 395. The van der Waals surface area contributed by atoms with E-state index in [0.29, 0.717) is 17.0 Å². The van der Waals surface area contributed by atoms with Gasteiger partial charge in [-0.3, -0.25) is 0 Å². The maximum atomic E-state index is 13.8. The van der Waals surface area contributed by atoms with Crippen LogP contribution in [0.15, 0.2) is 12.1 Å². The number of hydrogen-bond acceptors (Lipinski definition) is 0. The van der Waals surface area contributed by atoms with Gasteiger partial charge in [-0.2, -0.15) is 0 Å². The van der Waals surface area contributed by atoms with Crippen molar-refractivity contribution in [3.63, 3.8) is 0 Å². The molecule has 0 heterocycles. The summed E-state index contributed by atoms with van der Waals surface area (Å²) in [4.78, 5) is 0. The van der Waals surface area contributed by atoms with Crippen molar-refractivity contribution >= 4 is 10.2 Å². The Labute approximate surface area is 105 Å². The lowest BCUT2D eigenvalue weighted by Crippen LogP contribution is -2.14. The first-order chi connectivity index (χ1) is 8.13. The standard InChI is InChI=1S/C14H17F2Si/c1-9-2-7-12(14(16)13(9)15)11-5-3-10(8-17)4-6-11/h2,7,10-11H,3-6,8H2,1H3. The van der Waals surface area contributed by atoms with E-state index >= 15 is 0 Å². The summed E-state index contributed by atoms with van der Waals surface area (Å²) in [5.41, 5.74) is 0.959. The lowest BCUT2D eigenvalue weighted by molar-refractivity contribution is 0.339. The molecule has 0 spiro atoms. The van der Waals surface area contributed by atoms with Gasteiger partial charge in [0.1, 0.15) is 0 Å². The average molecular weight is 251 g/mol. The first kappa shape index (κ1) is 12.7. The van der Waals surface area contributed by atoms with Crippen molar-refractivity contribution in [2.24, 2.45) is 5.92 Å². The predicted molar refractivity (Wildman–Crippen MR) is 66.4 cm³/mol. The number of halogens is 2. The summed E-state index contributed by atoms with van der Waals surface area (Å²) in [5.74, 6) is -0.419. The van der Waals surface area contributed by atoms with Gasteiger partial charge in [0, 0.05) is 10.2 Å². The molecule has 1 aromatic carbocycles. The topological polar surface area (TPSA) is 0 Å². The third-order valence-corrected chi connectivity index (χ3v) is 4.46. The molecule has 91 valence electrons. The summed E-state index contributed by atoms with van der Waals surface area (Å²) in [6.45, 7) is 1.60. The number of rotatable bonds is 2. The van der Waals surface area contributed by atoms with Crippen molar-refractivity contribution in [1.82, 2.24) is 0 Å². The summed E-state index contributed by atoms with van der Waals surface area (Å²) in [6, 6.07) is 4.45. The van der Waals surface area contributed by atoms with E-state index in [0.717, 1.165) is 31.7 Å². The van der Waals surface area contributed by atoms with E-state index < -0.39 is 11.6 Å². The second kappa shape index (κ2) is 5.30. The Balaban J connectivity index is 2.16. The Morgan fingerprint density at radius 3 is 2.35 bits per heavy atom. The highest BCUT2D eigenvalue weighted by molar-refractivity contribution is 6.08. The second-order valence-corrected chi connectivity index (χ2v) is 5.43. The van der Waals surface area contributed by atoms with E-state index in [-0.39, 0.29) is 5.92 Å². The number of benzene rings is 1. The predicted octanol–water partition coefficient (Wildman–Crippen LogP) is 4.13. The molecule has 1 aliphatic rings. The van der Waals surface area contributed by atoms with E-state index in [9.17, 15) is 8.78 Å². The van der Waals surface area contributed by atoms with Crippen LogP contribution in [0.1, 0.15) is 42.7 Å². The van der Waals surface area contributed by atoms with Crippen LogP contribution in [-0.2, 0) is 0 Å². The lowest BCUT2D eigenvalue weighted by atomic mass is 9.79. The highest BCUT2D eigenvalue weighted by Gasteiger charge is 2.24. The number of aryl methyl sites for hydroxylation is 1. The van der Waals surface area contributed by atoms with Crippen molar-refractivity contribution in [2.45, 2.75) is 44.6 Å². The molecule has 0 aliphatic heterocycles. The van der Waals surface area contributed by atoms with E-state index in [2.05, 4.69) is 10.2 Å². The first-order valence-corrected chi connectivity index (χ1v) is 6.93. The van der Waals surface area contributed by atoms with E-state index in [1.54, 1.807) is 19.1 Å². The van der Waals surface area contributed by atoms with Gasteiger partial charge in [-0.05, 0) is 42.7 Å². The summed E-state index contributed by atoms with van der Waals surface area (Å²) in [7, 11) is 3.54. The molecule has 17 heavy (non-hydrogen) atoms. The summed E-state index contributed by atoms with van der Waals surface area (Å²) in [6.07, 6.45) is 4.13. The van der Waals surface area contributed by atoms with Gasteiger partial charge in [0.05, 0.1) is 0 Å². The fourth-order valence-corrected chi connectivity index (χ4v) is 3.06. The first-order valence-electron chi connectivity index (χ1n) is 6.22. The van der Waals surface area contributed by atoms with Crippen LogP contribution in [-0.4, -0.2) is 10.2 Å². The molecule has 0 saturated heterocycles. The van der Waals surface area contributed by atoms with Crippen LogP contribution < -0.4 is 0 Å². The SMILES string of the molecule is Cc1ccc(C2CCC(C[Si])CC2)c(F)c1F. The highest BCUT2D eigenvalue weighted by atomic mass is 28.1. The van der Waals surface area contributed by atoms with Gasteiger partial charge in [0.2, 0.25) is 0 Å². The lowest BCUT2D eigenvalue weighted by Gasteiger charge is -2.28. The molecule has 1 aliphatic carbocycles. The minimum atomic E-state index is -0.676. The Hall–Kier alpha value is -0.703. The van der Waals surface area contributed by atoms with Gasteiger partial charge in [0.25, 0.3) is 0 Å². The zero-order chi connectivity index (χ0) is 12.4. The van der Waals surface area contributed by atoms with Crippen LogP contribution in [0.5, 0.6) is 0 Å². The molecule has 3 heteroatoms. The molecule has 0 bridgehead atoms. The monoisotopic (exact) mass is 251 g/mol. The fourth-order valence-electron chi connectivity index (χ4n) is 2.65. The number of hydrogen-bond donors (Lipinski definition) is 0. The Morgan fingerprint density at radius 1 is 1.12 bits per heavy atom. The molecule has 1 fully saturated rings. The van der Waals surface area contributed by atoms with Crippen LogP contribution in [0.3, 0.4) is 0 Å². The van der Waals surface area contributed by atoms with Crippen molar-refractivity contribution < 1.29 is 8.78 Å². The van der Waals surface area contributed by atoms with Gasteiger partial charge in [-0.25, -0.2) is 8.78 Å². The Morgan fingerprint density at radius 2 is 1.76 bits per heavy atom. The third-order valence-electron chi connectivity index (χ3n) is 3.88. The molecule has 0 aromatic heterocycles. The normalized spacial score (nSPS) is 24.9.